The van der Waals surface area contributed by atoms with E-state index in [0.29, 0.717) is 23.0 Å². The predicted octanol–water partition coefficient (Wildman–Crippen LogP) is 4.62. The number of rotatable bonds is 4. The Morgan fingerprint density at radius 3 is 2.35 bits per heavy atom. The van der Waals surface area contributed by atoms with Gasteiger partial charge in [-0.15, -0.1) is 0 Å². The van der Waals surface area contributed by atoms with Crippen LogP contribution in [-0.2, 0) is 12.7 Å². The highest BCUT2D eigenvalue weighted by Crippen LogP contribution is 2.34. The molecule has 178 valence electrons. The SMILES string of the molecule is N#Cc1ccc(-c2n[nH]cc2CN2CCN(c3ccc(C(F)(F)F)cn3)[C@H](C(F)(F)F)C2)cc1. The molecule has 1 fully saturated rings. The van der Waals surface area contributed by atoms with E-state index in [4.69, 9.17) is 5.26 Å². The Hall–Kier alpha value is -3.59. The molecule has 2 aromatic heterocycles. The lowest BCUT2D eigenvalue weighted by atomic mass is 10.0. The number of piperazine rings is 1. The quantitative estimate of drug-likeness (QED) is 0.552. The van der Waals surface area contributed by atoms with Gasteiger partial charge in [-0.1, -0.05) is 12.1 Å². The number of hydrogen-bond donors (Lipinski definition) is 1. The van der Waals surface area contributed by atoms with Gasteiger partial charge < -0.3 is 4.90 Å². The zero-order valence-corrected chi connectivity index (χ0v) is 17.5. The van der Waals surface area contributed by atoms with Gasteiger partial charge in [0.1, 0.15) is 11.9 Å². The van der Waals surface area contributed by atoms with Gasteiger partial charge >= 0.3 is 12.4 Å². The number of anilines is 1. The molecule has 0 amide bonds. The lowest BCUT2D eigenvalue weighted by Crippen LogP contribution is -2.59. The fraction of sp³-hybridized carbons (Fsp3) is 0.318. The number of hydrogen-bond acceptors (Lipinski definition) is 5. The van der Waals surface area contributed by atoms with E-state index in [1.807, 2.05) is 6.07 Å². The Kier molecular flexibility index (Phi) is 6.22. The van der Waals surface area contributed by atoms with Crippen molar-refractivity contribution in [1.82, 2.24) is 20.1 Å². The second-order valence-corrected chi connectivity index (χ2v) is 7.84. The van der Waals surface area contributed by atoms with Crippen LogP contribution >= 0.6 is 0 Å². The molecule has 0 unspecified atom stereocenters. The molecule has 12 heteroatoms. The number of H-pyrrole nitrogens is 1. The summed E-state index contributed by atoms with van der Waals surface area (Å²) in [6.07, 6.45) is -7.08. The molecule has 0 aliphatic carbocycles. The second-order valence-electron chi connectivity index (χ2n) is 7.84. The van der Waals surface area contributed by atoms with Crippen LogP contribution in [0, 0.1) is 11.3 Å². The molecule has 3 aromatic rings. The van der Waals surface area contributed by atoms with Crippen molar-refractivity contribution in [2.45, 2.75) is 24.9 Å². The summed E-state index contributed by atoms with van der Waals surface area (Å²) in [6.45, 7) is -0.0171. The first-order chi connectivity index (χ1) is 16.1. The molecule has 3 heterocycles. The number of aromatic nitrogens is 3. The summed E-state index contributed by atoms with van der Waals surface area (Å²) >= 11 is 0. The molecule has 6 nitrogen and oxygen atoms in total. The first-order valence-electron chi connectivity index (χ1n) is 10.2. The van der Waals surface area contributed by atoms with E-state index in [9.17, 15) is 26.3 Å². The van der Waals surface area contributed by atoms with Gasteiger partial charge in [-0.3, -0.25) is 10.00 Å². The van der Waals surface area contributed by atoms with Crippen LogP contribution in [0.4, 0.5) is 32.2 Å². The van der Waals surface area contributed by atoms with Crippen LogP contribution in [0.1, 0.15) is 16.7 Å². The first-order valence-corrected chi connectivity index (χ1v) is 10.2. The van der Waals surface area contributed by atoms with Crippen molar-refractivity contribution >= 4 is 5.82 Å². The summed E-state index contributed by atoms with van der Waals surface area (Å²) in [5, 5.41) is 15.9. The van der Waals surface area contributed by atoms with E-state index < -0.39 is 24.0 Å². The minimum atomic E-state index is -4.62. The average molecular weight is 480 g/mol. The molecule has 34 heavy (non-hydrogen) atoms. The first kappa shape index (κ1) is 23.6. The zero-order chi connectivity index (χ0) is 24.5. The van der Waals surface area contributed by atoms with Crippen LogP contribution in [-0.4, -0.2) is 51.9 Å². The normalized spacial score (nSPS) is 17.6. The fourth-order valence-corrected chi connectivity index (χ4v) is 3.89. The lowest BCUT2D eigenvalue weighted by Gasteiger charge is -2.42. The Morgan fingerprint density at radius 1 is 1.03 bits per heavy atom. The molecule has 4 rings (SSSR count). The molecule has 1 N–H and O–H groups in total. The zero-order valence-electron chi connectivity index (χ0n) is 17.5. The van der Waals surface area contributed by atoms with Crippen LogP contribution < -0.4 is 4.90 Å². The van der Waals surface area contributed by atoms with Gasteiger partial charge in [-0.2, -0.15) is 36.7 Å². The molecule has 1 aromatic carbocycles. The maximum Gasteiger partial charge on any atom is 0.417 e. The van der Waals surface area contributed by atoms with Gasteiger partial charge in [-0.25, -0.2) is 4.98 Å². The summed E-state index contributed by atoms with van der Waals surface area (Å²) in [4.78, 5) is 6.27. The van der Waals surface area contributed by atoms with E-state index >= 15 is 0 Å². The largest absolute Gasteiger partial charge is 0.417 e. The number of alkyl halides is 6. The molecule has 1 aliphatic rings. The maximum absolute atomic E-state index is 13.9. The molecule has 1 aliphatic heterocycles. The van der Waals surface area contributed by atoms with E-state index in [0.717, 1.165) is 22.6 Å². The summed E-state index contributed by atoms with van der Waals surface area (Å²) in [6, 6.07) is 8.47. The number of halogens is 6. The standard InChI is InChI=1S/C22H18F6N6/c23-21(24,25)17-5-6-19(30-11-17)34-8-7-33(13-18(34)22(26,27)28)12-16-10-31-32-20(16)15-3-1-14(9-29)2-4-15/h1-6,10-11,18H,7-8,12-13H2,(H,31,32)/t18-/m0/s1. The molecule has 1 saturated heterocycles. The molecular weight excluding hydrogens is 462 g/mol. The van der Waals surface area contributed by atoms with Crippen LogP contribution in [0.3, 0.4) is 0 Å². The highest BCUT2D eigenvalue weighted by Gasteiger charge is 2.47. The highest BCUT2D eigenvalue weighted by atomic mass is 19.4. The third-order valence-electron chi connectivity index (χ3n) is 5.61. The van der Waals surface area contributed by atoms with Crippen LogP contribution in [0.2, 0.25) is 0 Å². The minimum Gasteiger partial charge on any atom is -0.342 e. The second kappa shape index (κ2) is 8.98. The van der Waals surface area contributed by atoms with Gasteiger partial charge in [0.15, 0.2) is 0 Å². The smallest absolute Gasteiger partial charge is 0.342 e. The average Bonchev–Trinajstić information content (AvgIpc) is 3.26. The summed E-state index contributed by atoms with van der Waals surface area (Å²) in [5.74, 6) is -0.156. The van der Waals surface area contributed by atoms with Crippen LogP contribution in [0.5, 0.6) is 0 Å². The van der Waals surface area contributed by atoms with Crippen molar-refractivity contribution < 1.29 is 26.3 Å². The Labute approximate surface area is 190 Å². The van der Waals surface area contributed by atoms with E-state index in [2.05, 4.69) is 15.2 Å². The van der Waals surface area contributed by atoms with E-state index in [1.54, 1.807) is 35.4 Å². The third-order valence-corrected chi connectivity index (χ3v) is 5.61. The summed E-state index contributed by atoms with van der Waals surface area (Å²) < 4.78 is 80.0. The number of pyridine rings is 1. The molecule has 0 radical (unpaired) electrons. The van der Waals surface area contributed by atoms with Crippen LogP contribution in [0.25, 0.3) is 11.3 Å². The predicted molar refractivity (Wildman–Crippen MR) is 110 cm³/mol. The van der Waals surface area contributed by atoms with Crippen molar-refractivity contribution in [3.05, 3.63) is 65.5 Å². The Bertz CT molecular complexity index is 1160. The van der Waals surface area contributed by atoms with Gasteiger partial charge in [-0.05, 0) is 24.3 Å². The molecular formula is C22H18F6N6. The number of benzene rings is 1. The molecule has 0 bridgehead atoms. The van der Waals surface area contributed by atoms with Gasteiger partial charge in [0, 0.05) is 49.7 Å². The molecule has 0 saturated carbocycles. The van der Waals surface area contributed by atoms with Crippen LogP contribution in [0.15, 0.2) is 48.8 Å². The van der Waals surface area contributed by atoms with Crippen molar-refractivity contribution in [2.24, 2.45) is 0 Å². The number of nitrogens with zero attached hydrogens (tertiary/aromatic N) is 5. The summed E-state index contributed by atoms with van der Waals surface area (Å²) in [7, 11) is 0. The molecule has 0 spiro atoms. The number of nitriles is 1. The maximum atomic E-state index is 13.9. The van der Waals surface area contributed by atoms with Crippen molar-refractivity contribution in [3.8, 4) is 17.3 Å². The third kappa shape index (κ3) is 4.99. The van der Waals surface area contributed by atoms with Crippen molar-refractivity contribution in [1.29, 1.82) is 5.26 Å². The van der Waals surface area contributed by atoms with Crippen molar-refractivity contribution in [3.63, 3.8) is 0 Å². The lowest BCUT2D eigenvalue weighted by molar-refractivity contribution is -0.157. The van der Waals surface area contributed by atoms with Crippen molar-refractivity contribution in [2.75, 3.05) is 24.5 Å². The van der Waals surface area contributed by atoms with E-state index in [-0.39, 0.29) is 32.0 Å². The number of aromatic amines is 1. The summed E-state index contributed by atoms with van der Waals surface area (Å²) in [5.41, 5.74) is 1.43. The fourth-order valence-electron chi connectivity index (χ4n) is 3.89. The minimum absolute atomic E-state index is 0.0629. The Balaban J connectivity index is 1.52. The Morgan fingerprint density at radius 2 is 1.76 bits per heavy atom. The molecule has 1 atom stereocenters. The highest BCUT2D eigenvalue weighted by molar-refractivity contribution is 5.63. The van der Waals surface area contributed by atoms with E-state index in [1.165, 1.54) is 0 Å². The van der Waals surface area contributed by atoms with Gasteiger partial charge in [0.05, 0.1) is 22.9 Å². The van der Waals surface area contributed by atoms with Gasteiger partial charge in [0.25, 0.3) is 0 Å². The van der Waals surface area contributed by atoms with Gasteiger partial charge in [0.2, 0.25) is 0 Å². The monoisotopic (exact) mass is 480 g/mol. The topological polar surface area (TPSA) is 71.8 Å². The number of nitrogens with one attached hydrogen (secondary N) is 1.